The highest BCUT2D eigenvalue weighted by atomic mass is 35.5. The number of thioether (sulfide) groups is 1. The Bertz CT molecular complexity index is 389. The molecule has 6 heteroatoms. The molecule has 0 saturated heterocycles. The molecule has 3 nitrogen and oxygen atoms in total. The summed E-state index contributed by atoms with van der Waals surface area (Å²) in [6.07, 6.45) is 0. The number of ketones is 1. The quantitative estimate of drug-likeness (QED) is 0.614. The number of hydrogen-bond donors (Lipinski definition) is 0. The normalized spacial score (nSPS) is 12.2. The van der Waals surface area contributed by atoms with Gasteiger partial charge in [0, 0.05) is 0 Å². The molecule has 0 saturated carbocycles. The van der Waals surface area contributed by atoms with Crippen LogP contribution in [0.2, 0.25) is 4.34 Å². The molecule has 0 bridgehead atoms. The number of halogens is 1. The fourth-order valence-corrected chi connectivity index (χ4v) is 2.90. The predicted molar refractivity (Wildman–Crippen MR) is 67.6 cm³/mol. The molecule has 0 amide bonds. The third kappa shape index (κ3) is 3.81. The van der Waals surface area contributed by atoms with Crippen LogP contribution in [0, 0.1) is 0 Å². The molecule has 1 rings (SSSR count). The molecule has 88 valence electrons. The maximum atomic E-state index is 11.8. The number of methoxy groups -OCH3 is 1. The fourth-order valence-electron chi connectivity index (χ4n) is 0.975. The number of hydrogen-bond acceptors (Lipinski definition) is 5. The van der Waals surface area contributed by atoms with E-state index in [0.29, 0.717) is 9.21 Å². The van der Waals surface area contributed by atoms with Crippen molar-refractivity contribution in [1.29, 1.82) is 0 Å². The van der Waals surface area contributed by atoms with Gasteiger partial charge in [-0.2, -0.15) is 0 Å². The highest BCUT2D eigenvalue weighted by molar-refractivity contribution is 8.01. The van der Waals surface area contributed by atoms with Gasteiger partial charge >= 0.3 is 5.97 Å². The van der Waals surface area contributed by atoms with E-state index in [0.717, 1.165) is 0 Å². The van der Waals surface area contributed by atoms with Crippen molar-refractivity contribution < 1.29 is 14.3 Å². The maximum absolute atomic E-state index is 11.8. The van der Waals surface area contributed by atoms with Gasteiger partial charge in [0.05, 0.1) is 27.3 Å². The summed E-state index contributed by atoms with van der Waals surface area (Å²) < 4.78 is 5.09. The Hall–Kier alpha value is -0.520. The zero-order chi connectivity index (χ0) is 12.1. The Morgan fingerprint density at radius 2 is 2.25 bits per heavy atom. The third-order valence-electron chi connectivity index (χ3n) is 1.86. The Kier molecular flexibility index (Phi) is 5.31. The average Bonchev–Trinajstić information content (AvgIpc) is 2.71. The van der Waals surface area contributed by atoms with Gasteiger partial charge in [-0.15, -0.1) is 23.1 Å². The van der Waals surface area contributed by atoms with E-state index in [4.69, 9.17) is 11.6 Å². The summed E-state index contributed by atoms with van der Waals surface area (Å²) in [5, 5.41) is -0.270. The van der Waals surface area contributed by atoms with Crippen molar-refractivity contribution in [2.24, 2.45) is 0 Å². The molecular weight excluding hydrogens is 268 g/mol. The summed E-state index contributed by atoms with van der Waals surface area (Å²) in [4.78, 5) is 23.4. The molecule has 0 radical (unpaired) electrons. The summed E-state index contributed by atoms with van der Waals surface area (Å²) in [5.41, 5.74) is 0. The van der Waals surface area contributed by atoms with Gasteiger partial charge in [0.1, 0.15) is 0 Å². The first-order valence-corrected chi connectivity index (χ1v) is 6.77. The standard InChI is InChI=1S/C10H11ClO3S2/c1-6(15-5-9(12)14-2)10(13)7-3-4-8(11)16-7/h3-4,6H,5H2,1-2H3. The molecule has 16 heavy (non-hydrogen) atoms. The zero-order valence-electron chi connectivity index (χ0n) is 8.86. The van der Waals surface area contributed by atoms with Crippen LogP contribution >= 0.6 is 34.7 Å². The minimum Gasteiger partial charge on any atom is -0.468 e. The van der Waals surface area contributed by atoms with Gasteiger partial charge in [-0.25, -0.2) is 0 Å². The summed E-state index contributed by atoms with van der Waals surface area (Å²) >= 11 is 8.26. The van der Waals surface area contributed by atoms with Gasteiger partial charge in [0.25, 0.3) is 0 Å². The Morgan fingerprint density at radius 3 is 2.75 bits per heavy atom. The number of ether oxygens (including phenoxy) is 1. The van der Waals surface area contributed by atoms with Crippen molar-refractivity contribution in [2.75, 3.05) is 12.9 Å². The van der Waals surface area contributed by atoms with E-state index in [1.165, 1.54) is 30.2 Å². The Labute approximate surface area is 107 Å². The van der Waals surface area contributed by atoms with E-state index >= 15 is 0 Å². The first-order valence-electron chi connectivity index (χ1n) is 4.52. The Balaban J connectivity index is 2.51. The third-order valence-corrected chi connectivity index (χ3v) is 4.23. The lowest BCUT2D eigenvalue weighted by Gasteiger charge is -2.07. The van der Waals surface area contributed by atoms with Crippen LogP contribution in [0.15, 0.2) is 12.1 Å². The SMILES string of the molecule is COC(=O)CSC(C)C(=O)c1ccc(Cl)s1. The molecular formula is C10H11ClO3S2. The number of Topliss-reactive ketones (excluding diaryl/α,β-unsaturated/α-hetero) is 1. The highest BCUT2D eigenvalue weighted by Crippen LogP contribution is 2.25. The minimum absolute atomic E-state index is 0.00852. The summed E-state index contributed by atoms with van der Waals surface area (Å²) in [6.45, 7) is 1.77. The minimum atomic E-state index is -0.325. The topological polar surface area (TPSA) is 43.4 Å². The van der Waals surface area contributed by atoms with Gasteiger partial charge in [-0.05, 0) is 19.1 Å². The van der Waals surface area contributed by atoms with Crippen molar-refractivity contribution in [3.05, 3.63) is 21.3 Å². The first kappa shape index (κ1) is 13.5. The summed E-state index contributed by atoms with van der Waals surface area (Å²) in [5.74, 6) is -0.151. The monoisotopic (exact) mass is 278 g/mol. The van der Waals surface area contributed by atoms with E-state index in [2.05, 4.69) is 4.74 Å². The van der Waals surface area contributed by atoms with Crippen LogP contribution in [0.4, 0.5) is 0 Å². The van der Waals surface area contributed by atoms with Crippen LogP contribution in [-0.4, -0.2) is 29.9 Å². The number of rotatable bonds is 5. The largest absolute Gasteiger partial charge is 0.468 e. The number of thiophene rings is 1. The molecule has 0 spiro atoms. The molecule has 1 unspecified atom stereocenters. The molecule has 0 fully saturated rings. The number of carbonyl (C=O) groups excluding carboxylic acids is 2. The summed E-state index contributed by atoms with van der Waals surface area (Å²) in [7, 11) is 1.33. The van der Waals surface area contributed by atoms with Crippen molar-refractivity contribution in [2.45, 2.75) is 12.2 Å². The van der Waals surface area contributed by atoms with Crippen LogP contribution in [0.5, 0.6) is 0 Å². The van der Waals surface area contributed by atoms with E-state index in [1.807, 2.05) is 0 Å². The lowest BCUT2D eigenvalue weighted by Crippen LogP contribution is -2.15. The van der Waals surface area contributed by atoms with Gasteiger partial charge in [0.15, 0.2) is 5.78 Å². The molecule has 0 aliphatic carbocycles. The molecule has 0 N–H and O–H groups in total. The van der Waals surface area contributed by atoms with Crippen molar-refractivity contribution in [3.63, 3.8) is 0 Å². The second-order valence-electron chi connectivity index (χ2n) is 3.00. The first-order chi connectivity index (χ1) is 7.54. The van der Waals surface area contributed by atoms with Crippen LogP contribution in [0.3, 0.4) is 0 Å². The lowest BCUT2D eigenvalue weighted by atomic mass is 10.2. The molecule has 1 aromatic heterocycles. The number of esters is 1. The average molecular weight is 279 g/mol. The molecule has 0 aromatic carbocycles. The van der Waals surface area contributed by atoms with Gasteiger partial charge < -0.3 is 4.74 Å². The van der Waals surface area contributed by atoms with Crippen molar-refractivity contribution >= 4 is 46.5 Å². The van der Waals surface area contributed by atoms with Gasteiger partial charge in [-0.1, -0.05) is 11.6 Å². The Morgan fingerprint density at radius 1 is 1.56 bits per heavy atom. The van der Waals surface area contributed by atoms with E-state index in [1.54, 1.807) is 19.1 Å². The highest BCUT2D eigenvalue weighted by Gasteiger charge is 2.18. The van der Waals surface area contributed by atoms with Crippen molar-refractivity contribution in [1.82, 2.24) is 0 Å². The maximum Gasteiger partial charge on any atom is 0.315 e. The lowest BCUT2D eigenvalue weighted by molar-refractivity contribution is -0.137. The molecule has 1 aromatic rings. The number of carbonyl (C=O) groups is 2. The molecule has 0 aliphatic rings. The van der Waals surface area contributed by atoms with Crippen LogP contribution in [0.25, 0.3) is 0 Å². The summed E-state index contributed by atoms with van der Waals surface area (Å²) in [6, 6.07) is 3.39. The van der Waals surface area contributed by atoms with E-state index < -0.39 is 0 Å². The second-order valence-corrected chi connectivity index (χ2v) is 6.04. The van der Waals surface area contributed by atoms with Crippen LogP contribution < -0.4 is 0 Å². The van der Waals surface area contributed by atoms with Crippen LogP contribution in [0.1, 0.15) is 16.6 Å². The van der Waals surface area contributed by atoms with E-state index in [-0.39, 0.29) is 22.8 Å². The van der Waals surface area contributed by atoms with E-state index in [9.17, 15) is 9.59 Å². The molecule has 1 heterocycles. The molecule has 1 atom stereocenters. The van der Waals surface area contributed by atoms with Gasteiger partial charge in [-0.3, -0.25) is 9.59 Å². The van der Waals surface area contributed by atoms with Gasteiger partial charge in [0.2, 0.25) is 0 Å². The predicted octanol–water partition coefficient (Wildman–Crippen LogP) is 2.88. The second kappa shape index (κ2) is 6.27. The smallest absolute Gasteiger partial charge is 0.315 e. The van der Waals surface area contributed by atoms with Crippen molar-refractivity contribution in [3.8, 4) is 0 Å². The van der Waals surface area contributed by atoms with Crippen LogP contribution in [-0.2, 0) is 9.53 Å². The zero-order valence-corrected chi connectivity index (χ0v) is 11.2. The molecule has 0 aliphatic heterocycles. The fraction of sp³-hybridized carbons (Fsp3) is 0.400.